The summed E-state index contributed by atoms with van der Waals surface area (Å²) >= 11 is 0. The van der Waals surface area contributed by atoms with Crippen LogP contribution in [0.4, 0.5) is 0 Å². The fraction of sp³-hybridized carbons (Fsp3) is 1.00. The van der Waals surface area contributed by atoms with Crippen LogP contribution in [0.1, 0.15) is 71.6 Å². The average Bonchev–Trinajstić information content (AvgIpc) is 2.54. The lowest BCUT2D eigenvalue weighted by atomic mass is 9.36. The predicted octanol–water partition coefficient (Wildman–Crippen LogP) is 4.39. The van der Waals surface area contributed by atoms with Crippen LogP contribution >= 0.6 is 0 Å². The lowest BCUT2D eigenvalue weighted by molar-refractivity contribution is -0.198. The van der Waals surface area contributed by atoms with E-state index in [2.05, 4.69) is 13.8 Å². The van der Waals surface area contributed by atoms with Crippen molar-refractivity contribution in [3.63, 3.8) is 0 Å². The highest BCUT2D eigenvalue weighted by atomic mass is 32.2. The number of aliphatic hydroxyl groups is 1. The highest BCUT2D eigenvalue weighted by Gasteiger charge is 2.64. The first-order chi connectivity index (χ1) is 11.3. The van der Waals surface area contributed by atoms with Gasteiger partial charge in [-0.05, 0) is 91.3 Å². The second-order valence-corrected chi connectivity index (χ2v) is 11.9. The van der Waals surface area contributed by atoms with Gasteiger partial charge in [-0.1, -0.05) is 20.3 Å². The first kappa shape index (κ1) is 17.5. The maximum absolute atomic E-state index is 11.8. The Bertz CT molecular complexity index is 534. The van der Waals surface area contributed by atoms with Crippen molar-refractivity contribution in [3.05, 3.63) is 0 Å². The molecule has 0 amide bonds. The Morgan fingerprint density at radius 2 is 1.83 bits per heavy atom. The second kappa shape index (κ2) is 5.81. The molecule has 0 radical (unpaired) electrons. The fourth-order valence-corrected chi connectivity index (χ4v) is 9.27. The minimum Gasteiger partial charge on any atom is -0.396 e. The topological polar surface area (TPSA) is 37.3 Å². The molecule has 1 N–H and O–H groups in total. The maximum atomic E-state index is 11.8. The van der Waals surface area contributed by atoms with Crippen LogP contribution in [-0.4, -0.2) is 27.9 Å². The van der Waals surface area contributed by atoms with Gasteiger partial charge < -0.3 is 5.11 Å². The lowest BCUT2D eigenvalue weighted by Crippen LogP contribution is -2.61. The molecule has 0 aromatic rings. The van der Waals surface area contributed by atoms with Crippen molar-refractivity contribution in [1.29, 1.82) is 0 Å². The van der Waals surface area contributed by atoms with Gasteiger partial charge in [0.15, 0.2) is 0 Å². The van der Waals surface area contributed by atoms with E-state index in [1.54, 1.807) is 0 Å². The van der Waals surface area contributed by atoms with E-state index in [0.29, 0.717) is 29.3 Å². The van der Waals surface area contributed by atoms with Gasteiger partial charge in [-0.3, -0.25) is 4.21 Å². The summed E-state index contributed by atoms with van der Waals surface area (Å²) in [6.07, 6.45) is 14.0. The average molecular weight is 353 g/mol. The summed E-state index contributed by atoms with van der Waals surface area (Å²) in [6.45, 7) is 5.31. The van der Waals surface area contributed by atoms with Gasteiger partial charge in [0.25, 0.3) is 0 Å². The molecule has 24 heavy (non-hydrogen) atoms. The third-order valence-corrected chi connectivity index (χ3v) is 10.2. The van der Waals surface area contributed by atoms with Crippen molar-refractivity contribution >= 4 is 10.8 Å². The third kappa shape index (κ3) is 2.40. The molecule has 5 saturated carbocycles. The molecule has 0 aromatic carbocycles. The molecule has 0 heterocycles. The second-order valence-electron chi connectivity index (χ2n) is 10.4. The van der Waals surface area contributed by atoms with Gasteiger partial charge in [0.2, 0.25) is 0 Å². The van der Waals surface area contributed by atoms with Crippen molar-refractivity contribution in [2.75, 3.05) is 18.6 Å². The molecule has 0 aliphatic heterocycles. The van der Waals surface area contributed by atoms with Gasteiger partial charge >= 0.3 is 0 Å². The van der Waals surface area contributed by atoms with E-state index in [-0.39, 0.29) is 5.41 Å². The number of rotatable bonds is 3. The summed E-state index contributed by atoms with van der Waals surface area (Å²) in [7, 11) is -0.646. The first-order valence-corrected chi connectivity index (χ1v) is 12.0. The normalized spacial score (nSPS) is 54.8. The van der Waals surface area contributed by atoms with Crippen molar-refractivity contribution in [2.24, 2.45) is 39.9 Å². The Kier molecular flexibility index (Phi) is 4.24. The van der Waals surface area contributed by atoms with E-state index in [9.17, 15) is 9.32 Å². The monoisotopic (exact) mass is 352 g/mol. The van der Waals surface area contributed by atoms with Crippen molar-refractivity contribution in [3.8, 4) is 0 Å². The van der Waals surface area contributed by atoms with Gasteiger partial charge in [-0.15, -0.1) is 0 Å². The Morgan fingerprint density at radius 3 is 2.54 bits per heavy atom. The summed E-state index contributed by atoms with van der Waals surface area (Å²) in [5.74, 6) is 4.04. The Labute approximate surface area is 150 Å². The molecule has 5 rings (SSSR count). The van der Waals surface area contributed by atoms with E-state index >= 15 is 0 Å². The predicted molar refractivity (Wildman–Crippen MR) is 100 cm³/mol. The summed E-state index contributed by atoms with van der Waals surface area (Å²) in [5.41, 5.74) is 1.12. The van der Waals surface area contributed by atoms with E-state index in [1.165, 1.54) is 57.8 Å². The highest BCUT2D eigenvalue weighted by Crippen LogP contribution is 2.72. The van der Waals surface area contributed by atoms with E-state index in [4.69, 9.17) is 0 Å². The molecule has 2 bridgehead atoms. The largest absolute Gasteiger partial charge is 0.396 e. The van der Waals surface area contributed by atoms with Crippen LogP contribution in [0.25, 0.3) is 0 Å². The molecule has 1 spiro atoms. The molecule has 5 fully saturated rings. The van der Waals surface area contributed by atoms with Crippen LogP contribution in [0.2, 0.25) is 0 Å². The number of hydrogen-bond acceptors (Lipinski definition) is 2. The van der Waals surface area contributed by atoms with Crippen LogP contribution < -0.4 is 0 Å². The van der Waals surface area contributed by atoms with E-state index in [1.807, 2.05) is 6.26 Å². The van der Waals surface area contributed by atoms with Crippen molar-refractivity contribution < 1.29 is 9.32 Å². The molecular formula is C21H36O2S. The standard InChI is InChI=1S/C21H36O2S/c1-19(14-22)7-4-8-20(2)17(19)6-10-21-9-5-15(11-18(20)21)16(12-21)13-24(3)23/h15-18,22H,4-14H2,1-3H3/t15?,16?,17?,18?,19-,20+,21?,24?/m0/s1. The highest BCUT2D eigenvalue weighted by molar-refractivity contribution is 7.84. The van der Waals surface area contributed by atoms with Gasteiger partial charge in [0.1, 0.15) is 0 Å². The van der Waals surface area contributed by atoms with Gasteiger partial charge in [0.05, 0.1) is 0 Å². The molecular weight excluding hydrogens is 316 g/mol. The summed E-state index contributed by atoms with van der Waals surface area (Å²) in [5, 5.41) is 10.1. The van der Waals surface area contributed by atoms with Crippen LogP contribution in [0, 0.1) is 39.9 Å². The lowest BCUT2D eigenvalue weighted by Gasteiger charge is -2.69. The number of aliphatic hydroxyl groups excluding tert-OH is 1. The first-order valence-electron chi connectivity index (χ1n) is 10.2. The zero-order valence-corrected chi connectivity index (χ0v) is 16.7. The molecule has 3 heteroatoms. The molecule has 0 aromatic heterocycles. The Hall–Kier alpha value is 0.110. The summed E-state index contributed by atoms with van der Waals surface area (Å²) in [4.78, 5) is 0. The molecule has 8 atom stereocenters. The Morgan fingerprint density at radius 1 is 1.08 bits per heavy atom. The number of hydrogen-bond donors (Lipinski definition) is 1. The zero-order chi connectivity index (χ0) is 17.2. The third-order valence-electron chi connectivity index (χ3n) is 9.26. The zero-order valence-electron chi connectivity index (χ0n) is 15.9. The van der Waals surface area contributed by atoms with Crippen LogP contribution in [0.3, 0.4) is 0 Å². The van der Waals surface area contributed by atoms with E-state index < -0.39 is 10.8 Å². The van der Waals surface area contributed by atoms with E-state index in [0.717, 1.165) is 17.6 Å². The fourth-order valence-electron chi connectivity index (χ4n) is 8.28. The van der Waals surface area contributed by atoms with Crippen LogP contribution in [0.15, 0.2) is 0 Å². The Balaban J connectivity index is 1.65. The van der Waals surface area contributed by atoms with Crippen LogP contribution in [0.5, 0.6) is 0 Å². The molecule has 2 nitrogen and oxygen atoms in total. The molecule has 5 aliphatic carbocycles. The smallest absolute Gasteiger partial charge is 0.0487 e. The van der Waals surface area contributed by atoms with Crippen molar-refractivity contribution in [2.45, 2.75) is 71.6 Å². The maximum Gasteiger partial charge on any atom is 0.0487 e. The molecule has 138 valence electrons. The van der Waals surface area contributed by atoms with Gasteiger partial charge in [-0.25, -0.2) is 0 Å². The molecule has 5 aliphatic rings. The van der Waals surface area contributed by atoms with Gasteiger partial charge in [-0.2, -0.15) is 0 Å². The van der Waals surface area contributed by atoms with Crippen LogP contribution in [-0.2, 0) is 10.8 Å². The minimum atomic E-state index is -0.646. The number of fused-ring (bicyclic) bond motifs is 3. The SMILES string of the molecule is CS(=O)CC1CC23CCC1CC2[C@]1(C)CCC[C@@](C)(CO)C1CC3. The summed E-state index contributed by atoms with van der Waals surface area (Å²) < 4.78 is 11.8. The molecule has 6 unspecified atom stereocenters. The molecule has 0 saturated heterocycles. The van der Waals surface area contributed by atoms with Gasteiger partial charge in [0, 0.05) is 29.4 Å². The summed E-state index contributed by atoms with van der Waals surface area (Å²) in [6, 6.07) is 0. The minimum absolute atomic E-state index is 0.148. The quantitative estimate of drug-likeness (QED) is 0.818. The van der Waals surface area contributed by atoms with Crippen molar-refractivity contribution in [1.82, 2.24) is 0 Å².